The number of ether oxygens (including phenoxy) is 9. The normalized spacial score (nSPS) is 39.7. The first-order valence-electron chi connectivity index (χ1n) is 20.1. The molecule has 29 heteroatoms. The van der Waals surface area contributed by atoms with E-state index in [4.69, 9.17) is 47.7 Å². The van der Waals surface area contributed by atoms with E-state index in [0.29, 0.717) is 0 Å². The summed E-state index contributed by atoms with van der Waals surface area (Å²) in [6, 6.07) is -6.50. The second-order valence-electron chi connectivity index (χ2n) is 15.5. The number of aliphatic carboxylic acids is 2. The highest BCUT2D eigenvalue weighted by atomic mass is 16.8. The molecular weight excluding hydrogens is 888 g/mol. The molecule has 29 nitrogen and oxygen atoms in total. The summed E-state index contributed by atoms with van der Waals surface area (Å²) >= 11 is 0. The highest BCUT2D eigenvalue weighted by Crippen LogP contribution is 2.35. The van der Waals surface area contributed by atoms with Gasteiger partial charge in [-0.15, -0.1) is 0 Å². The topological polar surface area (TPSA) is 436 Å². The minimum Gasteiger partial charge on any atom is -0.480 e. The third-order valence-corrected chi connectivity index (χ3v) is 10.5. The lowest BCUT2D eigenvalue weighted by atomic mass is 9.93. The molecule has 0 aromatic rings. The van der Waals surface area contributed by atoms with Crippen molar-refractivity contribution in [3.63, 3.8) is 0 Å². The van der Waals surface area contributed by atoms with Gasteiger partial charge in [0.15, 0.2) is 25.2 Å². The fraction of sp³-hybridized carbons (Fsp3) is 0.833. The van der Waals surface area contributed by atoms with Crippen LogP contribution in [0.2, 0.25) is 0 Å². The van der Waals surface area contributed by atoms with Gasteiger partial charge in [-0.1, -0.05) is 0 Å². The first kappa shape index (κ1) is 53.8. The third kappa shape index (κ3) is 14.1. The average Bonchev–Trinajstić information content (AvgIpc) is 3.21. The molecule has 4 aliphatic heterocycles. The monoisotopic (exact) mass is 946 g/mol. The molecule has 0 aliphatic carbocycles. The van der Waals surface area contributed by atoms with Crippen LogP contribution in [0.4, 0.5) is 0 Å². The SMILES string of the molecule is CC(=O)N[C@H]1[C@H](O[C@H]2[C@H](O)[C@@H](NC(C)=O)C(O)O[C@@H]2CO)O[C@H](COCC(=O)O)[C@@H](O[C@@H]2O[C@H](CO)[C@@H](O[C@@H]3O[C@H](COCC(=O)O)[C@@H](O)[C@H](O)[C@H]3NC(C)=O)[C@H](O)[C@H]2NC(C)=O)[C@@H]1O. The van der Waals surface area contributed by atoms with Gasteiger partial charge in [0.2, 0.25) is 23.6 Å². The summed E-state index contributed by atoms with van der Waals surface area (Å²) in [5, 5.41) is 115. The Bertz CT molecular complexity index is 1630. The molecule has 4 rings (SSSR count). The molecule has 4 heterocycles. The third-order valence-electron chi connectivity index (χ3n) is 10.5. The van der Waals surface area contributed by atoms with Crippen molar-refractivity contribution in [1.82, 2.24) is 21.3 Å². The van der Waals surface area contributed by atoms with Crippen LogP contribution in [0, 0.1) is 0 Å². The Kier molecular flexibility index (Phi) is 20.1. The summed E-state index contributed by atoms with van der Waals surface area (Å²) in [5.41, 5.74) is 0. The van der Waals surface area contributed by atoms with E-state index in [1.807, 2.05) is 0 Å². The summed E-state index contributed by atoms with van der Waals surface area (Å²) < 4.78 is 51.6. The maximum atomic E-state index is 12.6. The van der Waals surface area contributed by atoms with Crippen LogP contribution in [0.25, 0.3) is 0 Å². The van der Waals surface area contributed by atoms with Crippen LogP contribution < -0.4 is 21.3 Å². The Morgan fingerprint density at radius 3 is 1.17 bits per heavy atom. The average molecular weight is 947 g/mol. The van der Waals surface area contributed by atoms with Gasteiger partial charge in [0, 0.05) is 27.7 Å². The number of aliphatic hydroxyl groups excluding tert-OH is 8. The molecule has 1 unspecified atom stereocenters. The minimum atomic E-state index is -2.00. The molecule has 4 fully saturated rings. The Morgan fingerprint density at radius 1 is 0.446 bits per heavy atom. The number of aliphatic hydroxyl groups is 8. The van der Waals surface area contributed by atoms with Crippen molar-refractivity contribution >= 4 is 35.6 Å². The number of hydrogen-bond acceptors (Lipinski definition) is 23. The second-order valence-corrected chi connectivity index (χ2v) is 15.5. The van der Waals surface area contributed by atoms with Gasteiger partial charge in [-0.2, -0.15) is 0 Å². The molecule has 4 amide bonds. The van der Waals surface area contributed by atoms with Crippen molar-refractivity contribution in [3.05, 3.63) is 0 Å². The van der Waals surface area contributed by atoms with E-state index in [-0.39, 0.29) is 0 Å². The van der Waals surface area contributed by atoms with Crippen LogP contribution in [0.15, 0.2) is 0 Å². The number of carboxylic acid groups (broad SMARTS) is 2. The van der Waals surface area contributed by atoms with Gasteiger partial charge in [0.25, 0.3) is 0 Å². The van der Waals surface area contributed by atoms with Crippen molar-refractivity contribution in [1.29, 1.82) is 0 Å². The minimum absolute atomic E-state index is 0.610. The number of carbonyl (C=O) groups excluding carboxylic acids is 4. The van der Waals surface area contributed by atoms with Gasteiger partial charge in [0.1, 0.15) is 111 Å². The van der Waals surface area contributed by atoms with Gasteiger partial charge in [-0.3, -0.25) is 19.2 Å². The Labute approximate surface area is 369 Å². The zero-order chi connectivity index (χ0) is 48.4. The molecule has 0 saturated carbocycles. The zero-order valence-electron chi connectivity index (χ0n) is 35.4. The van der Waals surface area contributed by atoms with Gasteiger partial charge in [-0.25, -0.2) is 9.59 Å². The van der Waals surface area contributed by atoms with Crippen LogP contribution >= 0.6 is 0 Å². The van der Waals surface area contributed by atoms with E-state index >= 15 is 0 Å². The van der Waals surface area contributed by atoms with Crippen LogP contribution in [-0.2, 0) is 71.4 Å². The molecule has 0 aromatic heterocycles. The maximum absolute atomic E-state index is 12.6. The van der Waals surface area contributed by atoms with Crippen molar-refractivity contribution in [3.8, 4) is 0 Å². The lowest BCUT2D eigenvalue weighted by Gasteiger charge is -2.51. The van der Waals surface area contributed by atoms with Crippen molar-refractivity contribution in [2.75, 3.05) is 39.6 Å². The Morgan fingerprint density at radius 2 is 0.769 bits per heavy atom. The van der Waals surface area contributed by atoms with E-state index in [2.05, 4.69) is 21.3 Å². The van der Waals surface area contributed by atoms with Crippen molar-refractivity contribution < 1.29 is 122 Å². The number of carboxylic acids is 2. The predicted molar refractivity (Wildman–Crippen MR) is 203 cm³/mol. The molecule has 0 radical (unpaired) electrons. The van der Waals surface area contributed by atoms with Crippen LogP contribution in [0.3, 0.4) is 0 Å². The standard InChI is InChI=1S/C36H58N4O25/c1-11(43)37-21-27(53)30(15(5-41)59-33(21)56)63-36-24(40-14(4)46)29(55)32(18(62-36)8-58-10-20(49)50)65-35-23(39-13(3)45)28(54)31(16(6-42)60-35)64-34-22(38-12(2)44)26(52)25(51)17(61-34)7-57-9-19(47)48/h15-18,21-36,41-42,51-56H,5-10H2,1-4H3,(H,37,43)(H,38,44)(H,39,45)(H,40,46)(H,47,48)(H,49,50)/t15-,16-,17-,18-,21-,22-,23-,24-,25-,26-,27-,28-,29-,30-,31-,32-,33?,34+,35+,36+/m1/s1. The first-order chi connectivity index (χ1) is 30.6. The van der Waals surface area contributed by atoms with Gasteiger partial charge in [-0.05, 0) is 0 Å². The van der Waals surface area contributed by atoms with Crippen LogP contribution in [0.1, 0.15) is 27.7 Å². The number of carbonyl (C=O) groups is 6. The highest BCUT2D eigenvalue weighted by molar-refractivity contribution is 5.74. The lowest BCUT2D eigenvalue weighted by Crippen LogP contribution is -2.71. The van der Waals surface area contributed by atoms with E-state index in [1.165, 1.54) is 0 Å². The lowest BCUT2D eigenvalue weighted by molar-refractivity contribution is -0.362. The number of nitrogens with one attached hydrogen (secondary N) is 4. The fourth-order valence-corrected chi connectivity index (χ4v) is 7.67. The molecule has 20 atom stereocenters. The molecule has 14 N–H and O–H groups in total. The smallest absolute Gasteiger partial charge is 0.329 e. The molecule has 0 aromatic carbocycles. The highest BCUT2D eigenvalue weighted by Gasteiger charge is 2.56. The summed E-state index contributed by atoms with van der Waals surface area (Å²) in [4.78, 5) is 71.6. The van der Waals surface area contributed by atoms with E-state index < -0.39 is 198 Å². The summed E-state index contributed by atoms with van der Waals surface area (Å²) in [6.07, 6.45) is -28.3. The zero-order valence-corrected chi connectivity index (χ0v) is 35.4. The predicted octanol–water partition coefficient (Wildman–Crippen LogP) is -8.96. The van der Waals surface area contributed by atoms with E-state index in [9.17, 15) is 74.7 Å². The van der Waals surface area contributed by atoms with Crippen molar-refractivity contribution in [2.24, 2.45) is 0 Å². The second kappa shape index (κ2) is 24.2. The fourth-order valence-electron chi connectivity index (χ4n) is 7.67. The van der Waals surface area contributed by atoms with Crippen LogP contribution in [0.5, 0.6) is 0 Å². The van der Waals surface area contributed by atoms with E-state index in [1.54, 1.807) is 0 Å². The number of amides is 4. The summed E-state index contributed by atoms with van der Waals surface area (Å²) in [7, 11) is 0. The molecule has 65 heavy (non-hydrogen) atoms. The maximum Gasteiger partial charge on any atom is 0.329 e. The summed E-state index contributed by atoms with van der Waals surface area (Å²) in [6.45, 7) is -0.761. The molecular formula is C36H58N4O25. The van der Waals surface area contributed by atoms with Gasteiger partial charge in [0.05, 0.1) is 26.4 Å². The quantitative estimate of drug-likeness (QED) is 0.0539. The summed E-state index contributed by atoms with van der Waals surface area (Å²) in [5.74, 6) is -5.87. The Hall–Kier alpha value is -3.86. The molecule has 4 saturated heterocycles. The van der Waals surface area contributed by atoms with Crippen molar-refractivity contribution in [2.45, 2.75) is 150 Å². The Balaban J connectivity index is 1.67. The van der Waals surface area contributed by atoms with Gasteiger partial charge >= 0.3 is 11.9 Å². The molecule has 4 aliphatic rings. The van der Waals surface area contributed by atoms with Crippen LogP contribution in [-0.4, -0.2) is 249 Å². The number of rotatable bonds is 20. The molecule has 0 bridgehead atoms. The first-order valence-corrected chi connectivity index (χ1v) is 20.1. The largest absolute Gasteiger partial charge is 0.480 e. The van der Waals surface area contributed by atoms with E-state index in [0.717, 1.165) is 27.7 Å². The van der Waals surface area contributed by atoms with Gasteiger partial charge < -0.3 is 115 Å². The molecule has 0 spiro atoms. The number of hydrogen-bond donors (Lipinski definition) is 14. The molecule has 372 valence electrons.